The van der Waals surface area contributed by atoms with Crippen molar-refractivity contribution in [2.75, 3.05) is 0 Å². The van der Waals surface area contributed by atoms with Gasteiger partial charge >= 0.3 is 5.97 Å². The molecular weight excluding hydrogens is 457 g/mol. The Morgan fingerprint density at radius 2 is 1.81 bits per heavy atom. The van der Waals surface area contributed by atoms with Crippen LogP contribution in [0.1, 0.15) is 61.4 Å². The SMILES string of the molecule is CC(C)c1nc2c(c(-c3ccc(F)cc3)c1/C=C/C(O)CC(O)CC(=O)O)CCCc1ccccc1-2. The highest BCUT2D eigenvalue weighted by Crippen LogP contribution is 2.42. The maximum absolute atomic E-state index is 13.9. The Morgan fingerprint density at radius 1 is 1.08 bits per heavy atom. The average molecular weight is 490 g/mol. The Morgan fingerprint density at radius 3 is 2.50 bits per heavy atom. The first-order chi connectivity index (χ1) is 17.2. The van der Waals surface area contributed by atoms with Crippen LogP contribution in [0.4, 0.5) is 4.39 Å². The molecule has 1 aliphatic rings. The van der Waals surface area contributed by atoms with Gasteiger partial charge in [-0.2, -0.15) is 0 Å². The van der Waals surface area contributed by atoms with Crippen LogP contribution < -0.4 is 0 Å². The van der Waals surface area contributed by atoms with Gasteiger partial charge in [0.15, 0.2) is 0 Å². The lowest BCUT2D eigenvalue weighted by molar-refractivity contribution is -0.139. The number of nitrogens with zero attached hydrogens (tertiary/aromatic N) is 1. The van der Waals surface area contributed by atoms with Gasteiger partial charge in [-0.1, -0.05) is 62.4 Å². The molecule has 0 radical (unpaired) electrons. The third-order valence-electron chi connectivity index (χ3n) is 6.60. The van der Waals surface area contributed by atoms with Gasteiger partial charge in [-0.3, -0.25) is 9.78 Å². The van der Waals surface area contributed by atoms with Gasteiger partial charge in [0.2, 0.25) is 0 Å². The van der Waals surface area contributed by atoms with E-state index < -0.39 is 24.6 Å². The molecule has 3 N–H and O–H groups in total. The molecule has 0 aliphatic heterocycles. The smallest absolute Gasteiger partial charge is 0.305 e. The molecule has 4 rings (SSSR count). The molecule has 36 heavy (non-hydrogen) atoms. The number of carboxylic acids is 1. The number of carbonyl (C=O) groups is 1. The Kier molecular flexibility index (Phi) is 7.97. The minimum Gasteiger partial charge on any atom is -0.481 e. The van der Waals surface area contributed by atoms with Crippen LogP contribution in [-0.2, 0) is 17.6 Å². The number of hydrogen-bond donors (Lipinski definition) is 3. The first-order valence-corrected chi connectivity index (χ1v) is 12.4. The first kappa shape index (κ1) is 25.7. The molecule has 0 saturated carbocycles. The predicted octanol–water partition coefficient (Wildman–Crippen LogP) is 5.77. The van der Waals surface area contributed by atoms with E-state index in [1.54, 1.807) is 18.2 Å². The summed E-state index contributed by atoms with van der Waals surface area (Å²) < 4.78 is 13.9. The van der Waals surface area contributed by atoms with Gasteiger partial charge in [0.05, 0.1) is 30.0 Å². The number of hydrogen-bond acceptors (Lipinski definition) is 4. The number of aromatic nitrogens is 1. The van der Waals surface area contributed by atoms with Crippen molar-refractivity contribution in [3.8, 4) is 22.4 Å². The van der Waals surface area contributed by atoms with E-state index in [9.17, 15) is 19.4 Å². The summed E-state index contributed by atoms with van der Waals surface area (Å²) in [6.07, 6.45) is 3.41. The maximum atomic E-state index is 13.9. The predicted molar refractivity (Wildman–Crippen MR) is 139 cm³/mol. The van der Waals surface area contributed by atoms with Crippen LogP contribution in [-0.4, -0.2) is 38.5 Å². The average Bonchev–Trinajstić information content (AvgIpc) is 3.01. The third-order valence-corrected chi connectivity index (χ3v) is 6.60. The Labute approximate surface area is 211 Å². The Hall–Kier alpha value is -3.35. The van der Waals surface area contributed by atoms with Gasteiger partial charge in [-0.25, -0.2) is 4.39 Å². The van der Waals surface area contributed by atoms with Crippen LogP contribution in [0.2, 0.25) is 0 Å². The second-order valence-corrected chi connectivity index (χ2v) is 9.70. The van der Waals surface area contributed by atoms with Crippen LogP contribution in [0.15, 0.2) is 54.6 Å². The number of aliphatic hydroxyl groups is 2. The molecule has 1 heterocycles. The molecule has 1 aliphatic carbocycles. The maximum Gasteiger partial charge on any atom is 0.305 e. The molecule has 0 spiro atoms. The number of carboxylic acid groups (broad SMARTS) is 1. The van der Waals surface area contributed by atoms with E-state index in [0.717, 1.165) is 58.5 Å². The van der Waals surface area contributed by atoms with E-state index in [4.69, 9.17) is 10.1 Å². The van der Waals surface area contributed by atoms with Crippen molar-refractivity contribution in [3.63, 3.8) is 0 Å². The van der Waals surface area contributed by atoms with Crippen molar-refractivity contribution in [2.24, 2.45) is 0 Å². The molecule has 0 bridgehead atoms. The molecule has 2 atom stereocenters. The number of pyridine rings is 1. The summed E-state index contributed by atoms with van der Waals surface area (Å²) in [5.41, 5.74) is 7.96. The van der Waals surface area contributed by atoms with Gasteiger partial charge in [0.1, 0.15) is 5.82 Å². The minimum atomic E-state index is -1.15. The van der Waals surface area contributed by atoms with Crippen molar-refractivity contribution < 1.29 is 24.5 Å². The quantitative estimate of drug-likeness (QED) is 0.374. The number of benzene rings is 2. The van der Waals surface area contributed by atoms with Crippen LogP contribution in [0.3, 0.4) is 0 Å². The molecule has 1 aromatic heterocycles. The number of halogens is 1. The van der Waals surface area contributed by atoms with Crippen molar-refractivity contribution in [1.82, 2.24) is 4.98 Å². The van der Waals surface area contributed by atoms with Gasteiger partial charge in [-0.15, -0.1) is 0 Å². The Bertz CT molecular complexity index is 1270. The second-order valence-electron chi connectivity index (χ2n) is 9.70. The van der Waals surface area contributed by atoms with Crippen LogP contribution in [0.25, 0.3) is 28.5 Å². The zero-order chi connectivity index (χ0) is 25.8. The zero-order valence-corrected chi connectivity index (χ0v) is 20.6. The van der Waals surface area contributed by atoms with Gasteiger partial charge < -0.3 is 15.3 Å². The molecule has 0 fully saturated rings. The fourth-order valence-electron chi connectivity index (χ4n) is 4.95. The highest BCUT2D eigenvalue weighted by Gasteiger charge is 2.25. The van der Waals surface area contributed by atoms with E-state index in [2.05, 4.69) is 26.0 Å². The van der Waals surface area contributed by atoms with E-state index in [0.29, 0.717) is 0 Å². The summed E-state index contributed by atoms with van der Waals surface area (Å²) in [5, 5.41) is 29.4. The molecule has 6 heteroatoms. The molecule has 3 aromatic rings. The number of fused-ring (bicyclic) bond motifs is 3. The van der Waals surface area contributed by atoms with Gasteiger partial charge in [-0.05, 0) is 59.6 Å². The fourth-order valence-corrected chi connectivity index (χ4v) is 4.95. The second kappa shape index (κ2) is 11.1. The van der Waals surface area contributed by atoms with Crippen molar-refractivity contribution in [2.45, 2.75) is 64.1 Å². The normalized spacial score (nSPS) is 14.8. The molecule has 2 aromatic carbocycles. The lowest BCUT2D eigenvalue weighted by atomic mass is 9.86. The lowest BCUT2D eigenvalue weighted by Gasteiger charge is -2.22. The highest BCUT2D eigenvalue weighted by atomic mass is 19.1. The van der Waals surface area contributed by atoms with Crippen molar-refractivity contribution >= 4 is 12.0 Å². The third kappa shape index (κ3) is 5.72. The number of aliphatic carboxylic acids is 1. The van der Waals surface area contributed by atoms with Crippen LogP contribution in [0.5, 0.6) is 0 Å². The topological polar surface area (TPSA) is 90.7 Å². The number of aliphatic hydroxyl groups excluding tert-OH is 2. The number of aryl methyl sites for hydroxylation is 1. The van der Waals surface area contributed by atoms with Crippen molar-refractivity contribution in [3.05, 3.63) is 82.8 Å². The van der Waals surface area contributed by atoms with Crippen LogP contribution >= 0.6 is 0 Å². The molecule has 0 saturated heterocycles. The van der Waals surface area contributed by atoms with E-state index in [-0.39, 0.29) is 18.2 Å². The molecule has 2 unspecified atom stereocenters. The molecule has 5 nitrogen and oxygen atoms in total. The molecule has 188 valence electrons. The monoisotopic (exact) mass is 489 g/mol. The molecular formula is C30H32FNO4. The zero-order valence-electron chi connectivity index (χ0n) is 20.6. The van der Waals surface area contributed by atoms with E-state index in [1.165, 1.54) is 17.7 Å². The summed E-state index contributed by atoms with van der Waals surface area (Å²) in [4.78, 5) is 16.0. The molecule has 0 amide bonds. The summed E-state index contributed by atoms with van der Waals surface area (Å²) in [7, 11) is 0. The van der Waals surface area contributed by atoms with Gasteiger partial charge in [0, 0.05) is 17.5 Å². The standard InChI is InChI=1S/C30H32FNO4/c1-18(2)29-26(15-14-22(33)16-23(34)17-27(35)36)28(20-10-12-21(31)13-11-20)25-9-5-7-19-6-3-4-8-24(19)30(25)32-29/h3-4,6,8,10-15,18,22-23,33-34H,5,7,9,16-17H2,1-2H3,(H,35,36)/b15-14+. The fraction of sp³-hybridized carbons (Fsp3) is 0.333. The Balaban J connectivity index is 1.90. The minimum absolute atomic E-state index is 0.0688. The van der Waals surface area contributed by atoms with E-state index in [1.807, 2.05) is 18.2 Å². The number of rotatable bonds is 8. The lowest BCUT2D eigenvalue weighted by Crippen LogP contribution is -2.19. The van der Waals surface area contributed by atoms with E-state index >= 15 is 0 Å². The van der Waals surface area contributed by atoms with Crippen molar-refractivity contribution in [1.29, 1.82) is 0 Å². The summed E-state index contributed by atoms with van der Waals surface area (Å²) in [6, 6.07) is 14.8. The summed E-state index contributed by atoms with van der Waals surface area (Å²) in [5.74, 6) is -1.36. The first-order valence-electron chi connectivity index (χ1n) is 12.4. The van der Waals surface area contributed by atoms with Gasteiger partial charge in [0.25, 0.3) is 0 Å². The summed E-state index contributed by atoms with van der Waals surface area (Å²) >= 11 is 0. The largest absolute Gasteiger partial charge is 0.481 e. The van der Waals surface area contributed by atoms with Crippen LogP contribution in [0, 0.1) is 5.82 Å². The highest BCUT2D eigenvalue weighted by molar-refractivity contribution is 5.85. The summed E-state index contributed by atoms with van der Waals surface area (Å²) in [6.45, 7) is 4.13.